The number of rotatable bonds is 6. The second kappa shape index (κ2) is 7.70. The van der Waals surface area contributed by atoms with E-state index in [9.17, 15) is 9.59 Å². The molecule has 0 aliphatic heterocycles. The predicted molar refractivity (Wildman–Crippen MR) is 102 cm³/mol. The number of nitrogens with zero attached hydrogens (tertiary/aromatic N) is 4. The summed E-state index contributed by atoms with van der Waals surface area (Å²) < 4.78 is 0. The van der Waals surface area contributed by atoms with Gasteiger partial charge in [0.25, 0.3) is 5.91 Å². The van der Waals surface area contributed by atoms with Crippen LogP contribution in [-0.2, 0) is 11.3 Å². The highest BCUT2D eigenvalue weighted by Gasteiger charge is 2.15. The molecule has 0 saturated heterocycles. The summed E-state index contributed by atoms with van der Waals surface area (Å²) in [5, 5.41) is 14.4. The van der Waals surface area contributed by atoms with Gasteiger partial charge in [-0.15, -0.1) is 0 Å². The summed E-state index contributed by atoms with van der Waals surface area (Å²) in [6.07, 6.45) is 1.55. The normalized spacial score (nSPS) is 11.8. The number of aliphatic carboxylic acids is 1. The number of hydrogen-bond acceptors (Lipinski definition) is 9. The van der Waals surface area contributed by atoms with Gasteiger partial charge in [0.05, 0.1) is 18.4 Å². The van der Waals surface area contributed by atoms with Crippen molar-refractivity contribution in [2.45, 2.75) is 19.5 Å². The van der Waals surface area contributed by atoms with Gasteiger partial charge in [-0.05, 0) is 31.2 Å². The molecule has 0 unspecified atom stereocenters. The van der Waals surface area contributed by atoms with Crippen molar-refractivity contribution in [3.05, 3.63) is 41.7 Å². The molecule has 11 nitrogen and oxygen atoms in total. The Morgan fingerprint density at radius 3 is 2.54 bits per heavy atom. The lowest BCUT2D eigenvalue weighted by atomic mass is 10.2. The van der Waals surface area contributed by atoms with Gasteiger partial charge in [-0.3, -0.25) is 9.59 Å². The summed E-state index contributed by atoms with van der Waals surface area (Å²) in [4.78, 5) is 39.2. The summed E-state index contributed by atoms with van der Waals surface area (Å²) >= 11 is 0. The first-order valence-corrected chi connectivity index (χ1v) is 8.25. The number of benzene rings is 1. The molecule has 0 aliphatic carbocycles. The Hall–Kier alpha value is -4.02. The fourth-order valence-electron chi connectivity index (χ4n) is 2.34. The Morgan fingerprint density at radius 2 is 1.86 bits per heavy atom. The summed E-state index contributed by atoms with van der Waals surface area (Å²) in [7, 11) is 0. The number of fused-ring (bicyclic) bond motifs is 1. The number of amides is 1. The number of anilines is 3. The van der Waals surface area contributed by atoms with Crippen LogP contribution in [0.25, 0.3) is 11.2 Å². The standard InChI is InChI=1S/C17H18N8O3/c1-8(16(27)28)22-15(26)9-2-4-10(5-3-9)20-6-11-7-21-14-12(23-11)13(18)24-17(19)25-14/h2-5,7-8,20H,6H2,1H3,(H,22,26)(H,27,28)(H4,18,19,21,24,25)/t8-/m0/s1. The Morgan fingerprint density at radius 1 is 1.14 bits per heavy atom. The maximum atomic E-state index is 12.0. The van der Waals surface area contributed by atoms with Crippen molar-refractivity contribution in [1.29, 1.82) is 0 Å². The van der Waals surface area contributed by atoms with Gasteiger partial charge >= 0.3 is 5.97 Å². The molecule has 0 spiro atoms. The number of carboxylic acids is 1. The largest absolute Gasteiger partial charge is 0.480 e. The molecule has 28 heavy (non-hydrogen) atoms. The topological polar surface area (TPSA) is 182 Å². The van der Waals surface area contributed by atoms with E-state index in [2.05, 4.69) is 30.6 Å². The molecular formula is C17H18N8O3. The molecule has 7 N–H and O–H groups in total. The van der Waals surface area contributed by atoms with E-state index in [1.165, 1.54) is 6.92 Å². The maximum Gasteiger partial charge on any atom is 0.325 e. The van der Waals surface area contributed by atoms with Crippen molar-refractivity contribution >= 4 is 40.5 Å². The Kier molecular flexibility index (Phi) is 5.16. The summed E-state index contributed by atoms with van der Waals surface area (Å²) in [6.45, 7) is 1.75. The number of nitrogens with one attached hydrogen (secondary N) is 2. The lowest BCUT2D eigenvalue weighted by Crippen LogP contribution is -2.38. The SMILES string of the molecule is C[C@H](NC(=O)c1ccc(NCc2cnc3nc(N)nc(N)c3n2)cc1)C(=O)O. The lowest BCUT2D eigenvalue weighted by molar-refractivity contribution is -0.138. The maximum absolute atomic E-state index is 12.0. The third kappa shape index (κ3) is 4.20. The summed E-state index contributed by atoms with van der Waals surface area (Å²) in [6, 6.07) is 5.61. The number of nitrogens with two attached hydrogens (primary N) is 2. The van der Waals surface area contributed by atoms with Crippen LogP contribution in [0.2, 0.25) is 0 Å². The van der Waals surface area contributed by atoms with E-state index in [4.69, 9.17) is 16.6 Å². The number of carbonyl (C=O) groups is 2. The van der Waals surface area contributed by atoms with Crippen molar-refractivity contribution < 1.29 is 14.7 Å². The van der Waals surface area contributed by atoms with Gasteiger partial charge < -0.3 is 27.2 Å². The Bertz CT molecular complexity index is 1040. The van der Waals surface area contributed by atoms with Gasteiger partial charge in [0.15, 0.2) is 17.0 Å². The summed E-state index contributed by atoms with van der Waals surface area (Å²) in [5.41, 5.74) is 13.7. The van der Waals surface area contributed by atoms with E-state index < -0.39 is 17.9 Å². The predicted octanol–water partition coefficient (Wildman–Crippen LogP) is 0.399. The highest BCUT2D eigenvalue weighted by Crippen LogP contribution is 2.16. The van der Waals surface area contributed by atoms with Crippen molar-refractivity contribution in [2.24, 2.45) is 0 Å². The van der Waals surface area contributed by atoms with Crippen LogP contribution < -0.4 is 22.1 Å². The van der Waals surface area contributed by atoms with Crippen LogP contribution >= 0.6 is 0 Å². The van der Waals surface area contributed by atoms with E-state index in [1.807, 2.05) is 0 Å². The first-order chi connectivity index (χ1) is 13.3. The fourth-order valence-corrected chi connectivity index (χ4v) is 2.34. The fraction of sp³-hybridized carbons (Fsp3) is 0.176. The molecule has 0 saturated carbocycles. The van der Waals surface area contributed by atoms with E-state index >= 15 is 0 Å². The van der Waals surface area contributed by atoms with Gasteiger partial charge in [-0.2, -0.15) is 9.97 Å². The number of aromatic nitrogens is 4. The smallest absolute Gasteiger partial charge is 0.325 e. The lowest BCUT2D eigenvalue weighted by Gasteiger charge is -2.10. The van der Waals surface area contributed by atoms with Crippen LogP contribution in [-0.4, -0.2) is 43.0 Å². The molecule has 2 heterocycles. The van der Waals surface area contributed by atoms with E-state index in [0.717, 1.165) is 5.69 Å². The zero-order chi connectivity index (χ0) is 20.3. The van der Waals surface area contributed by atoms with Crippen LogP contribution in [0.15, 0.2) is 30.5 Å². The van der Waals surface area contributed by atoms with Crippen molar-refractivity contribution in [2.75, 3.05) is 16.8 Å². The minimum Gasteiger partial charge on any atom is -0.480 e. The zero-order valence-electron chi connectivity index (χ0n) is 14.9. The van der Waals surface area contributed by atoms with Crippen LogP contribution in [0.1, 0.15) is 23.0 Å². The minimum absolute atomic E-state index is 0.0343. The van der Waals surface area contributed by atoms with Gasteiger partial charge in [0.2, 0.25) is 5.95 Å². The van der Waals surface area contributed by atoms with E-state index in [-0.39, 0.29) is 11.8 Å². The molecule has 0 radical (unpaired) electrons. The van der Waals surface area contributed by atoms with Gasteiger partial charge in [-0.1, -0.05) is 0 Å². The summed E-state index contributed by atoms with van der Waals surface area (Å²) in [5.74, 6) is -1.37. The first kappa shape index (κ1) is 18.8. The third-order valence-corrected chi connectivity index (χ3v) is 3.84. The quantitative estimate of drug-likeness (QED) is 0.400. The number of hydrogen-bond donors (Lipinski definition) is 5. The second-order valence-corrected chi connectivity index (χ2v) is 5.96. The van der Waals surface area contributed by atoms with Crippen molar-refractivity contribution in [3.63, 3.8) is 0 Å². The number of carboxylic acid groups (broad SMARTS) is 1. The second-order valence-electron chi connectivity index (χ2n) is 5.96. The molecule has 0 aliphatic rings. The molecule has 144 valence electrons. The van der Waals surface area contributed by atoms with Crippen molar-refractivity contribution in [1.82, 2.24) is 25.3 Å². The van der Waals surface area contributed by atoms with Gasteiger partial charge in [-0.25, -0.2) is 9.97 Å². The number of nitrogen functional groups attached to an aromatic ring is 2. The molecule has 1 amide bonds. The average molecular weight is 382 g/mol. The molecule has 0 bridgehead atoms. The van der Waals surface area contributed by atoms with Gasteiger partial charge in [0.1, 0.15) is 6.04 Å². The van der Waals surface area contributed by atoms with E-state index in [1.54, 1.807) is 30.5 Å². The molecule has 3 aromatic rings. The Balaban J connectivity index is 1.66. The van der Waals surface area contributed by atoms with Crippen LogP contribution in [0, 0.1) is 0 Å². The van der Waals surface area contributed by atoms with E-state index in [0.29, 0.717) is 29.0 Å². The first-order valence-electron chi connectivity index (χ1n) is 8.25. The molecular weight excluding hydrogens is 364 g/mol. The monoisotopic (exact) mass is 382 g/mol. The Labute approximate surface area is 159 Å². The molecule has 1 aromatic carbocycles. The molecule has 1 atom stereocenters. The van der Waals surface area contributed by atoms with Gasteiger partial charge in [0, 0.05) is 11.3 Å². The molecule has 0 fully saturated rings. The van der Waals surface area contributed by atoms with Crippen LogP contribution in [0.5, 0.6) is 0 Å². The average Bonchev–Trinajstić information content (AvgIpc) is 2.66. The highest BCUT2D eigenvalue weighted by molar-refractivity contribution is 5.96. The van der Waals surface area contributed by atoms with Crippen LogP contribution in [0.3, 0.4) is 0 Å². The number of carbonyl (C=O) groups excluding carboxylic acids is 1. The van der Waals surface area contributed by atoms with Crippen molar-refractivity contribution in [3.8, 4) is 0 Å². The zero-order valence-corrected chi connectivity index (χ0v) is 14.9. The molecule has 3 rings (SSSR count). The minimum atomic E-state index is -1.10. The molecule has 2 aromatic heterocycles. The highest BCUT2D eigenvalue weighted by atomic mass is 16.4. The molecule has 11 heteroatoms. The van der Waals surface area contributed by atoms with Crippen LogP contribution in [0.4, 0.5) is 17.5 Å². The third-order valence-electron chi connectivity index (χ3n) is 3.84.